The summed E-state index contributed by atoms with van der Waals surface area (Å²) in [6, 6.07) is 2.37. The molecule has 0 aromatic heterocycles. The minimum atomic E-state index is -1.17. The third-order valence-corrected chi connectivity index (χ3v) is 3.55. The van der Waals surface area contributed by atoms with E-state index in [-0.39, 0.29) is 12.6 Å². The Morgan fingerprint density at radius 3 is 0.893 bits per heavy atom. The van der Waals surface area contributed by atoms with Crippen molar-refractivity contribution < 1.29 is 29.3 Å². The number of hydrogen-bond donors (Lipinski definition) is 0. The van der Waals surface area contributed by atoms with E-state index >= 15 is 0 Å². The second-order valence-corrected chi connectivity index (χ2v) is 5.13. The van der Waals surface area contributed by atoms with Gasteiger partial charge in [0.15, 0.2) is 23.7 Å². The smallest absolute Gasteiger partial charge is 0.285 e. The van der Waals surface area contributed by atoms with Crippen LogP contribution in [0.3, 0.4) is 0 Å². The summed E-state index contributed by atoms with van der Waals surface area (Å²) in [4.78, 5) is 62.8. The van der Waals surface area contributed by atoms with Gasteiger partial charge in [-0.25, -0.2) is 0 Å². The SMILES string of the molecule is O=Cc1cc([N+](=O)[O-])c(-c2c([N+](=O)[O-])cc(C=O)cc2[N+](=O)[O-])c([N+](=O)[O-])c1. The number of rotatable bonds is 7. The van der Waals surface area contributed by atoms with E-state index in [4.69, 9.17) is 0 Å². The maximum absolute atomic E-state index is 11.4. The molecule has 28 heavy (non-hydrogen) atoms. The predicted octanol–water partition coefficient (Wildman–Crippen LogP) is 2.61. The molecule has 0 aliphatic rings. The lowest BCUT2D eigenvalue weighted by Crippen LogP contribution is -2.05. The molecule has 0 unspecified atom stereocenters. The molecule has 142 valence electrons. The van der Waals surface area contributed by atoms with E-state index in [1.807, 2.05) is 0 Å². The van der Waals surface area contributed by atoms with Crippen LogP contribution in [-0.4, -0.2) is 32.3 Å². The first-order valence-corrected chi connectivity index (χ1v) is 6.96. The molecular weight excluding hydrogens is 384 g/mol. The first-order valence-electron chi connectivity index (χ1n) is 6.96. The largest absolute Gasteiger partial charge is 0.298 e. The third kappa shape index (κ3) is 3.36. The molecule has 0 amide bonds. The Morgan fingerprint density at radius 1 is 0.536 bits per heavy atom. The Bertz CT molecular complexity index is 922. The van der Waals surface area contributed by atoms with Crippen molar-refractivity contribution in [3.63, 3.8) is 0 Å². The third-order valence-electron chi connectivity index (χ3n) is 3.55. The maximum Gasteiger partial charge on any atom is 0.285 e. The van der Waals surface area contributed by atoms with E-state index in [2.05, 4.69) is 0 Å². The summed E-state index contributed by atoms with van der Waals surface area (Å²) >= 11 is 0. The summed E-state index contributed by atoms with van der Waals surface area (Å²) in [7, 11) is 0. The molecule has 14 nitrogen and oxygen atoms in total. The van der Waals surface area contributed by atoms with Crippen LogP contribution < -0.4 is 0 Å². The zero-order valence-corrected chi connectivity index (χ0v) is 13.3. The zero-order chi connectivity index (χ0) is 21.2. The molecule has 0 aliphatic heterocycles. The highest BCUT2D eigenvalue weighted by Crippen LogP contribution is 2.47. The summed E-state index contributed by atoms with van der Waals surface area (Å²) in [5, 5.41) is 45.6. The van der Waals surface area contributed by atoms with E-state index in [0.717, 1.165) is 0 Å². The van der Waals surface area contributed by atoms with Gasteiger partial charge in [-0.3, -0.25) is 50.0 Å². The van der Waals surface area contributed by atoms with Crippen molar-refractivity contribution in [2.24, 2.45) is 0 Å². The van der Waals surface area contributed by atoms with Crippen LogP contribution in [0.1, 0.15) is 20.7 Å². The molecular formula is C14H6N4O10. The highest BCUT2D eigenvalue weighted by Gasteiger charge is 2.38. The average Bonchev–Trinajstić information content (AvgIpc) is 2.65. The number of nitro benzene ring substituents is 4. The minimum absolute atomic E-state index is 0.0715. The van der Waals surface area contributed by atoms with Crippen molar-refractivity contribution in [1.29, 1.82) is 0 Å². The van der Waals surface area contributed by atoms with Gasteiger partial charge in [0.2, 0.25) is 0 Å². The topological polar surface area (TPSA) is 207 Å². The molecule has 0 aliphatic carbocycles. The quantitative estimate of drug-likeness (QED) is 0.383. The molecule has 0 N–H and O–H groups in total. The highest BCUT2D eigenvalue weighted by atomic mass is 16.6. The highest BCUT2D eigenvalue weighted by molar-refractivity contribution is 5.97. The van der Waals surface area contributed by atoms with Gasteiger partial charge in [-0.05, 0) is 0 Å². The van der Waals surface area contributed by atoms with Crippen molar-refractivity contribution in [1.82, 2.24) is 0 Å². The zero-order valence-electron chi connectivity index (χ0n) is 13.3. The van der Waals surface area contributed by atoms with Crippen molar-refractivity contribution in [2.45, 2.75) is 0 Å². The number of carbonyl (C=O) groups is 2. The summed E-state index contributed by atoms with van der Waals surface area (Å²) in [5.41, 5.74) is -7.53. The molecule has 0 atom stereocenters. The molecule has 0 heterocycles. The molecule has 0 saturated carbocycles. The van der Waals surface area contributed by atoms with Gasteiger partial charge in [-0.2, -0.15) is 0 Å². The number of nitro groups is 4. The number of nitrogens with zero attached hydrogens (tertiary/aromatic N) is 4. The fourth-order valence-corrected chi connectivity index (χ4v) is 2.49. The molecule has 2 aromatic carbocycles. The Kier molecular flexibility index (Phi) is 5.15. The lowest BCUT2D eigenvalue weighted by atomic mass is 9.95. The van der Waals surface area contributed by atoms with E-state index in [0.29, 0.717) is 24.3 Å². The van der Waals surface area contributed by atoms with Crippen LogP contribution in [0.2, 0.25) is 0 Å². The minimum Gasteiger partial charge on any atom is -0.298 e. The lowest BCUT2D eigenvalue weighted by Gasteiger charge is -2.08. The van der Waals surface area contributed by atoms with Gasteiger partial charge in [0.05, 0.1) is 19.7 Å². The monoisotopic (exact) mass is 390 g/mol. The van der Waals surface area contributed by atoms with Gasteiger partial charge < -0.3 is 0 Å². The summed E-state index contributed by atoms with van der Waals surface area (Å²) in [5.74, 6) is 0. The van der Waals surface area contributed by atoms with Gasteiger partial charge in [-0.1, -0.05) is 0 Å². The fraction of sp³-hybridized carbons (Fsp3) is 0. The molecule has 0 bridgehead atoms. The predicted molar refractivity (Wildman–Crippen MR) is 89.3 cm³/mol. The molecule has 0 radical (unpaired) electrons. The lowest BCUT2D eigenvalue weighted by molar-refractivity contribution is -0.397. The maximum atomic E-state index is 11.4. The Hall–Kier alpha value is -4.62. The Balaban J connectivity index is 3.18. The van der Waals surface area contributed by atoms with Gasteiger partial charge in [-0.15, -0.1) is 0 Å². The molecule has 2 aromatic rings. The van der Waals surface area contributed by atoms with Crippen LogP contribution in [0.5, 0.6) is 0 Å². The van der Waals surface area contributed by atoms with Gasteiger partial charge in [0.25, 0.3) is 22.7 Å². The Labute approximate surface area is 152 Å². The number of carbonyl (C=O) groups excluding carboxylic acids is 2. The van der Waals surface area contributed by atoms with Gasteiger partial charge >= 0.3 is 0 Å². The van der Waals surface area contributed by atoms with Gasteiger partial charge in [0.1, 0.15) is 0 Å². The molecule has 0 fully saturated rings. The molecule has 2 rings (SSSR count). The standard InChI is InChI=1S/C14H6N4O10/c19-5-7-1-9(15(21)22)13(10(2-7)16(23)24)14-11(17(25)26)3-8(6-20)4-12(14)18(27)28/h1-6H. The Morgan fingerprint density at radius 2 is 0.750 bits per heavy atom. The van der Waals surface area contributed by atoms with Crippen LogP contribution in [0.4, 0.5) is 22.7 Å². The fourth-order valence-electron chi connectivity index (χ4n) is 2.49. The van der Waals surface area contributed by atoms with Crippen molar-refractivity contribution in [3.05, 3.63) is 75.8 Å². The van der Waals surface area contributed by atoms with E-state index in [1.165, 1.54) is 0 Å². The first kappa shape index (κ1) is 19.7. The second-order valence-electron chi connectivity index (χ2n) is 5.13. The number of benzene rings is 2. The van der Waals surface area contributed by atoms with E-state index < -0.39 is 64.7 Å². The normalized spacial score (nSPS) is 10.1. The number of aldehydes is 2. The van der Waals surface area contributed by atoms with Crippen LogP contribution in [-0.2, 0) is 0 Å². The first-order chi connectivity index (χ1) is 13.1. The molecule has 14 heteroatoms. The van der Waals surface area contributed by atoms with Crippen molar-refractivity contribution in [2.75, 3.05) is 0 Å². The van der Waals surface area contributed by atoms with Crippen LogP contribution in [0.15, 0.2) is 24.3 Å². The van der Waals surface area contributed by atoms with Crippen LogP contribution >= 0.6 is 0 Å². The molecule has 0 spiro atoms. The summed E-state index contributed by atoms with van der Waals surface area (Å²) in [6.07, 6.45) is 0.143. The molecule has 0 saturated heterocycles. The van der Waals surface area contributed by atoms with Crippen molar-refractivity contribution >= 4 is 35.3 Å². The summed E-state index contributed by atoms with van der Waals surface area (Å²) in [6.45, 7) is 0. The summed E-state index contributed by atoms with van der Waals surface area (Å²) < 4.78 is 0. The average molecular weight is 390 g/mol. The van der Waals surface area contributed by atoms with Crippen LogP contribution in [0.25, 0.3) is 11.1 Å². The van der Waals surface area contributed by atoms with Gasteiger partial charge in [0, 0.05) is 35.4 Å². The van der Waals surface area contributed by atoms with Crippen LogP contribution in [0, 0.1) is 40.5 Å². The number of hydrogen-bond acceptors (Lipinski definition) is 10. The van der Waals surface area contributed by atoms with Crippen molar-refractivity contribution in [3.8, 4) is 11.1 Å². The van der Waals surface area contributed by atoms with E-state index in [9.17, 15) is 50.0 Å². The van der Waals surface area contributed by atoms with E-state index in [1.54, 1.807) is 0 Å². The second kappa shape index (κ2) is 7.32.